The van der Waals surface area contributed by atoms with Crippen LogP contribution in [0.2, 0.25) is 0 Å². The molecule has 2 atom stereocenters. The van der Waals surface area contributed by atoms with Crippen LogP contribution < -0.4 is 5.32 Å². The Morgan fingerprint density at radius 2 is 2.31 bits per heavy atom. The van der Waals surface area contributed by atoms with Crippen molar-refractivity contribution in [3.05, 3.63) is 11.8 Å². The van der Waals surface area contributed by atoms with Crippen molar-refractivity contribution < 1.29 is 17.9 Å². The zero-order valence-electron chi connectivity index (χ0n) is 9.21. The van der Waals surface area contributed by atoms with Gasteiger partial charge in [-0.2, -0.15) is 13.2 Å². The Bertz CT molecular complexity index is 286. The standard InChI is InChI=1S/C10H15F3N2O/c1-7(14-2)9-4-3-8(5-15-9)16-6-10(11,12)13/h3,5,7,9,14H,4,6H2,1-2H3. The highest BCUT2D eigenvalue weighted by Gasteiger charge is 2.29. The van der Waals surface area contributed by atoms with Crippen molar-refractivity contribution in [2.75, 3.05) is 13.7 Å². The molecular weight excluding hydrogens is 221 g/mol. The summed E-state index contributed by atoms with van der Waals surface area (Å²) in [5.41, 5.74) is 0. The Balaban J connectivity index is 2.40. The Hall–Kier alpha value is -1.04. The molecule has 0 saturated carbocycles. The Morgan fingerprint density at radius 1 is 1.62 bits per heavy atom. The first kappa shape index (κ1) is 13.0. The zero-order valence-corrected chi connectivity index (χ0v) is 9.21. The molecule has 0 radical (unpaired) electrons. The van der Waals surface area contributed by atoms with Gasteiger partial charge in [0.1, 0.15) is 5.76 Å². The van der Waals surface area contributed by atoms with Crippen LogP contribution in [-0.2, 0) is 4.74 Å². The smallest absolute Gasteiger partial charge is 0.422 e. The molecule has 2 unspecified atom stereocenters. The minimum absolute atomic E-state index is 0.0586. The highest BCUT2D eigenvalue weighted by molar-refractivity contribution is 5.77. The van der Waals surface area contributed by atoms with Crippen molar-refractivity contribution >= 4 is 6.21 Å². The van der Waals surface area contributed by atoms with Crippen LogP contribution in [0, 0.1) is 0 Å². The minimum atomic E-state index is -4.30. The summed E-state index contributed by atoms with van der Waals surface area (Å²) >= 11 is 0. The maximum atomic E-state index is 11.9. The van der Waals surface area contributed by atoms with E-state index in [2.05, 4.69) is 15.0 Å². The second-order valence-electron chi connectivity index (χ2n) is 3.67. The summed E-state index contributed by atoms with van der Waals surface area (Å²) < 4.78 is 40.2. The molecule has 0 saturated heterocycles. The lowest BCUT2D eigenvalue weighted by atomic mass is 10.1. The van der Waals surface area contributed by atoms with Gasteiger partial charge in [0.25, 0.3) is 0 Å². The lowest BCUT2D eigenvalue weighted by Gasteiger charge is -2.21. The maximum Gasteiger partial charge on any atom is 0.422 e. The zero-order chi connectivity index (χ0) is 12.2. The van der Waals surface area contributed by atoms with Crippen molar-refractivity contribution in [3.8, 4) is 0 Å². The first-order chi connectivity index (χ1) is 7.42. The Morgan fingerprint density at radius 3 is 2.75 bits per heavy atom. The number of alkyl halides is 3. The number of dihydropyridines is 1. The molecule has 1 heterocycles. The predicted octanol–water partition coefficient (Wildman–Crippen LogP) is 1.90. The number of aliphatic imine (C=N–C) groups is 1. The normalized spacial score (nSPS) is 22.8. The SMILES string of the molecule is CNC(C)C1CC=C(OCC(F)(F)F)C=N1. The summed E-state index contributed by atoms with van der Waals surface area (Å²) in [6.45, 7) is 0.703. The second-order valence-corrected chi connectivity index (χ2v) is 3.67. The van der Waals surface area contributed by atoms with Gasteiger partial charge in [-0.05, 0) is 26.5 Å². The van der Waals surface area contributed by atoms with E-state index in [1.54, 1.807) is 6.08 Å². The van der Waals surface area contributed by atoms with E-state index >= 15 is 0 Å². The molecule has 0 fully saturated rings. The quantitative estimate of drug-likeness (QED) is 0.808. The van der Waals surface area contributed by atoms with E-state index < -0.39 is 12.8 Å². The topological polar surface area (TPSA) is 33.6 Å². The van der Waals surface area contributed by atoms with Crippen molar-refractivity contribution in [1.82, 2.24) is 5.32 Å². The molecule has 0 amide bonds. The molecule has 1 aliphatic rings. The summed E-state index contributed by atoms with van der Waals surface area (Å²) in [5.74, 6) is 0.192. The number of halogens is 3. The largest absolute Gasteiger partial charge is 0.483 e. The van der Waals surface area contributed by atoms with Gasteiger partial charge in [-0.15, -0.1) is 0 Å². The fourth-order valence-corrected chi connectivity index (χ4v) is 1.31. The first-order valence-corrected chi connectivity index (χ1v) is 5.02. The molecular formula is C10H15F3N2O. The number of nitrogens with one attached hydrogen (secondary N) is 1. The highest BCUT2D eigenvalue weighted by atomic mass is 19.4. The third kappa shape index (κ3) is 4.22. The molecule has 0 aromatic carbocycles. The molecule has 6 heteroatoms. The van der Waals surface area contributed by atoms with Crippen LogP contribution in [0.15, 0.2) is 16.8 Å². The van der Waals surface area contributed by atoms with Crippen LogP contribution in [0.5, 0.6) is 0 Å². The molecule has 3 nitrogen and oxygen atoms in total. The van der Waals surface area contributed by atoms with E-state index in [0.717, 1.165) is 0 Å². The summed E-state index contributed by atoms with van der Waals surface area (Å²) in [4.78, 5) is 4.13. The second kappa shape index (κ2) is 5.34. The van der Waals surface area contributed by atoms with Crippen LogP contribution in [0.1, 0.15) is 13.3 Å². The summed E-state index contributed by atoms with van der Waals surface area (Å²) in [6, 6.07) is 0.250. The third-order valence-corrected chi connectivity index (χ3v) is 2.39. The third-order valence-electron chi connectivity index (χ3n) is 2.39. The van der Waals surface area contributed by atoms with E-state index in [9.17, 15) is 13.2 Å². The van der Waals surface area contributed by atoms with Gasteiger partial charge >= 0.3 is 6.18 Å². The average Bonchev–Trinajstić information content (AvgIpc) is 2.25. The van der Waals surface area contributed by atoms with Gasteiger partial charge in [0.05, 0.1) is 12.3 Å². The molecule has 92 valence electrons. The molecule has 16 heavy (non-hydrogen) atoms. The van der Waals surface area contributed by atoms with E-state index in [-0.39, 0.29) is 17.8 Å². The molecule has 0 aromatic rings. The predicted molar refractivity (Wildman–Crippen MR) is 55.5 cm³/mol. The minimum Gasteiger partial charge on any atom is -0.483 e. The van der Waals surface area contributed by atoms with Gasteiger partial charge in [0.2, 0.25) is 0 Å². The fraction of sp³-hybridized carbons (Fsp3) is 0.700. The fourth-order valence-electron chi connectivity index (χ4n) is 1.31. The number of nitrogens with zero attached hydrogens (tertiary/aromatic N) is 1. The molecule has 0 aromatic heterocycles. The van der Waals surface area contributed by atoms with Gasteiger partial charge < -0.3 is 10.1 Å². The molecule has 1 rings (SSSR count). The Kier molecular flexibility index (Phi) is 4.35. The average molecular weight is 236 g/mol. The highest BCUT2D eigenvalue weighted by Crippen LogP contribution is 2.18. The van der Waals surface area contributed by atoms with Gasteiger partial charge in [-0.1, -0.05) is 0 Å². The summed E-state index contributed by atoms with van der Waals surface area (Å²) in [6.07, 6.45) is -0.722. The summed E-state index contributed by atoms with van der Waals surface area (Å²) in [5, 5.41) is 3.04. The molecule has 0 aliphatic carbocycles. The summed E-state index contributed by atoms with van der Waals surface area (Å²) in [7, 11) is 1.82. The van der Waals surface area contributed by atoms with E-state index in [1.165, 1.54) is 6.21 Å². The molecule has 0 bridgehead atoms. The Labute approximate surface area is 92.4 Å². The van der Waals surface area contributed by atoms with Crippen LogP contribution in [0.3, 0.4) is 0 Å². The van der Waals surface area contributed by atoms with Crippen molar-refractivity contribution in [2.24, 2.45) is 4.99 Å². The van der Waals surface area contributed by atoms with Crippen LogP contribution in [0.4, 0.5) is 13.2 Å². The van der Waals surface area contributed by atoms with E-state index in [4.69, 9.17) is 0 Å². The first-order valence-electron chi connectivity index (χ1n) is 5.02. The molecule has 0 spiro atoms. The van der Waals surface area contributed by atoms with E-state index in [1.807, 2.05) is 14.0 Å². The van der Waals surface area contributed by atoms with Crippen LogP contribution >= 0.6 is 0 Å². The van der Waals surface area contributed by atoms with Gasteiger partial charge in [-0.25, -0.2) is 0 Å². The van der Waals surface area contributed by atoms with Crippen LogP contribution in [0.25, 0.3) is 0 Å². The maximum absolute atomic E-state index is 11.9. The lowest BCUT2D eigenvalue weighted by molar-refractivity contribution is -0.163. The number of likely N-dealkylation sites (N-methyl/N-ethyl adjacent to an activating group) is 1. The van der Waals surface area contributed by atoms with Gasteiger partial charge in [0, 0.05) is 6.04 Å². The number of ether oxygens (including phenoxy) is 1. The monoisotopic (exact) mass is 236 g/mol. The van der Waals surface area contributed by atoms with Crippen molar-refractivity contribution in [1.29, 1.82) is 0 Å². The van der Waals surface area contributed by atoms with Crippen molar-refractivity contribution in [3.63, 3.8) is 0 Å². The number of hydrogen-bond acceptors (Lipinski definition) is 3. The molecule has 1 aliphatic heterocycles. The number of rotatable bonds is 4. The van der Waals surface area contributed by atoms with Gasteiger partial charge in [-0.3, -0.25) is 4.99 Å². The van der Waals surface area contributed by atoms with Crippen molar-refractivity contribution in [2.45, 2.75) is 31.6 Å². The van der Waals surface area contributed by atoms with Gasteiger partial charge in [0.15, 0.2) is 6.61 Å². The molecule has 1 N–H and O–H groups in total. The number of hydrogen-bond donors (Lipinski definition) is 1. The lowest BCUT2D eigenvalue weighted by Crippen LogP contribution is -2.34. The van der Waals surface area contributed by atoms with E-state index in [0.29, 0.717) is 6.42 Å². The number of allylic oxidation sites excluding steroid dienone is 1. The van der Waals surface area contributed by atoms with Crippen LogP contribution in [-0.4, -0.2) is 38.1 Å².